The average Bonchev–Trinajstić information content (AvgIpc) is 3.20. The fourth-order valence-electron chi connectivity index (χ4n) is 3.02. The molecule has 0 radical (unpaired) electrons. The molecule has 0 atom stereocenters. The Morgan fingerprint density at radius 1 is 1.12 bits per heavy atom. The zero-order valence-electron chi connectivity index (χ0n) is 14.2. The molecule has 0 saturated carbocycles. The predicted octanol–water partition coefficient (Wildman–Crippen LogP) is 4.01. The van der Waals surface area contributed by atoms with Crippen molar-refractivity contribution in [2.45, 2.75) is 19.8 Å². The number of nitrogens with one attached hydrogen (secondary N) is 2. The molecule has 4 N–H and O–H groups in total. The molecule has 8 heteroatoms. The Morgan fingerprint density at radius 3 is 2.69 bits per heavy atom. The summed E-state index contributed by atoms with van der Waals surface area (Å²) in [5.41, 5.74) is 3.72. The fraction of sp³-hybridized carbons (Fsp3) is 0.167. The molecule has 0 fully saturated rings. The molecule has 26 heavy (non-hydrogen) atoms. The molecule has 0 aliphatic rings. The molecular formula is C18H17N5O2S. The second kappa shape index (κ2) is 5.99. The van der Waals surface area contributed by atoms with Gasteiger partial charge in [0, 0.05) is 6.07 Å². The molecule has 2 heterocycles. The summed E-state index contributed by atoms with van der Waals surface area (Å²) in [4.78, 5) is 7.29. The highest BCUT2D eigenvalue weighted by Crippen LogP contribution is 2.37. The van der Waals surface area contributed by atoms with Gasteiger partial charge in [-0.1, -0.05) is 13.8 Å². The molecule has 132 valence electrons. The van der Waals surface area contributed by atoms with Crippen LogP contribution in [-0.4, -0.2) is 34.9 Å². The number of aromatic hydroxyl groups is 2. The molecule has 0 bridgehead atoms. The molecule has 2 aromatic heterocycles. The molecule has 0 aliphatic carbocycles. The smallest absolute Gasteiger partial charge is 0.200 e. The standard InChI is InChI=1S/C18H17N5O2S/c1-9(2)11-6-12(16(25)7-15(11)24)17-21-22-18(26)23(17)10-3-4-13-14(5-10)20-8-19-13/h3-9,24-25H,1-2H3,(H,19,20)(H,22,26). The summed E-state index contributed by atoms with van der Waals surface area (Å²) < 4.78 is 2.14. The lowest BCUT2D eigenvalue weighted by Gasteiger charge is -2.13. The lowest BCUT2D eigenvalue weighted by molar-refractivity contribution is 0.444. The van der Waals surface area contributed by atoms with E-state index in [1.54, 1.807) is 17.0 Å². The van der Waals surface area contributed by atoms with Crippen molar-refractivity contribution in [3.63, 3.8) is 0 Å². The van der Waals surface area contributed by atoms with Crippen LogP contribution < -0.4 is 0 Å². The van der Waals surface area contributed by atoms with E-state index in [2.05, 4.69) is 20.2 Å². The topological polar surface area (TPSA) is 103 Å². The van der Waals surface area contributed by atoms with Crippen LogP contribution in [0.25, 0.3) is 28.1 Å². The van der Waals surface area contributed by atoms with Crippen LogP contribution in [0.2, 0.25) is 0 Å². The van der Waals surface area contributed by atoms with Crippen LogP contribution in [0.4, 0.5) is 0 Å². The summed E-state index contributed by atoms with van der Waals surface area (Å²) in [6, 6.07) is 8.77. The third kappa shape index (κ3) is 2.55. The lowest BCUT2D eigenvalue weighted by atomic mass is 9.98. The van der Waals surface area contributed by atoms with Crippen LogP contribution in [0.15, 0.2) is 36.7 Å². The first-order valence-corrected chi connectivity index (χ1v) is 8.53. The maximum Gasteiger partial charge on any atom is 0.200 e. The van der Waals surface area contributed by atoms with E-state index < -0.39 is 0 Å². The fourth-order valence-corrected chi connectivity index (χ4v) is 3.25. The molecule has 4 aromatic rings. The number of imidazole rings is 1. The second-order valence-corrected chi connectivity index (χ2v) is 6.76. The quantitative estimate of drug-likeness (QED) is 0.410. The SMILES string of the molecule is CC(C)c1cc(-c2n[nH]c(=S)n2-c2ccc3nc[nH]c3c2)c(O)cc1O. The van der Waals surface area contributed by atoms with E-state index in [4.69, 9.17) is 12.2 Å². The van der Waals surface area contributed by atoms with Crippen molar-refractivity contribution in [3.8, 4) is 28.6 Å². The number of phenolic OH excluding ortho intramolecular Hbond substituents is 2. The number of phenols is 2. The molecule has 2 aromatic carbocycles. The highest BCUT2D eigenvalue weighted by Gasteiger charge is 2.18. The van der Waals surface area contributed by atoms with Gasteiger partial charge in [-0.05, 0) is 48.0 Å². The van der Waals surface area contributed by atoms with Crippen molar-refractivity contribution >= 4 is 23.3 Å². The lowest BCUT2D eigenvalue weighted by Crippen LogP contribution is -1.99. The van der Waals surface area contributed by atoms with Crippen LogP contribution >= 0.6 is 12.2 Å². The monoisotopic (exact) mass is 367 g/mol. The van der Waals surface area contributed by atoms with Gasteiger partial charge in [-0.3, -0.25) is 9.67 Å². The van der Waals surface area contributed by atoms with Crippen molar-refractivity contribution in [1.29, 1.82) is 0 Å². The van der Waals surface area contributed by atoms with Crippen LogP contribution in [-0.2, 0) is 0 Å². The predicted molar refractivity (Wildman–Crippen MR) is 101 cm³/mol. The molecular weight excluding hydrogens is 350 g/mol. The first-order chi connectivity index (χ1) is 12.5. The molecule has 0 amide bonds. The van der Waals surface area contributed by atoms with Gasteiger partial charge in [-0.25, -0.2) is 4.98 Å². The average molecular weight is 367 g/mol. The second-order valence-electron chi connectivity index (χ2n) is 6.37. The summed E-state index contributed by atoms with van der Waals surface area (Å²) >= 11 is 5.40. The van der Waals surface area contributed by atoms with E-state index >= 15 is 0 Å². The molecule has 0 spiro atoms. The third-order valence-corrected chi connectivity index (χ3v) is 4.62. The number of hydrogen-bond acceptors (Lipinski definition) is 5. The highest BCUT2D eigenvalue weighted by atomic mass is 32.1. The number of rotatable bonds is 3. The zero-order valence-corrected chi connectivity index (χ0v) is 15.0. The Morgan fingerprint density at radius 2 is 1.92 bits per heavy atom. The summed E-state index contributed by atoms with van der Waals surface area (Å²) in [7, 11) is 0. The molecule has 4 rings (SSSR count). The van der Waals surface area contributed by atoms with E-state index in [9.17, 15) is 10.2 Å². The van der Waals surface area contributed by atoms with Crippen molar-refractivity contribution in [3.05, 3.63) is 47.0 Å². The molecule has 0 unspecified atom stereocenters. The van der Waals surface area contributed by atoms with Gasteiger partial charge in [0.1, 0.15) is 11.5 Å². The maximum atomic E-state index is 10.4. The molecule has 0 saturated heterocycles. The van der Waals surface area contributed by atoms with E-state index in [0.29, 0.717) is 16.2 Å². The normalized spacial score (nSPS) is 11.5. The summed E-state index contributed by atoms with van der Waals surface area (Å²) in [6.07, 6.45) is 1.63. The Balaban J connectivity index is 1.95. The Bertz CT molecular complexity index is 1170. The van der Waals surface area contributed by atoms with Gasteiger partial charge in [0.15, 0.2) is 10.6 Å². The van der Waals surface area contributed by atoms with Crippen molar-refractivity contribution in [2.75, 3.05) is 0 Å². The first-order valence-electron chi connectivity index (χ1n) is 8.13. The number of fused-ring (bicyclic) bond motifs is 1. The Hall–Kier alpha value is -3.13. The minimum Gasteiger partial charge on any atom is -0.508 e. The van der Waals surface area contributed by atoms with Gasteiger partial charge >= 0.3 is 0 Å². The molecule has 7 nitrogen and oxygen atoms in total. The number of aromatic amines is 2. The van der Waals surface area contributed by atoms with Crippen molar-refractivity contribution in [1.82, 2.24) is 24.7 Å². The van der Waals surface area contributed by atoms with Crippen LogP contribution in [0, 0.1) is 4.77 Å². The number of nitrogens with zero attached hydrogens (tertiary/aromatic N) is 3. The molecule has 0 aliphatic heterocycles. The van der Waals surface area contributed by atoms with E-state index in [-0.39, 0.29) is 17.4 Å². The number of hydrogen-bond donors (Lipinski definition) is 4. The Labute approximate surface area is 154 Å². The van der Waals surface area contributed by atoms with E-state index in [0.717, 1.165) is 22.3 Å². The van der Waals surface area contributed by atoms with Crippen molar-refractivity contribution < 1.29 is 10.2 Å². The minimum absolute atomic E-state index is 0.0563. The zero-order chi connectivity index (χ0) is 18.4. The van der Waals surface area contributed by atoms with E-state index in [1.807, 2.05) is 32.0 Å². The summed E-state index contributed by atoms with van der Waals surface area (Å²) in [5, 5.41) is 27.6. The van der Waals surface area contributed by atoms with E-state index in [1.165, 1.54) is 6.07 Å². The van der Waals surface area contributed by atoms with Gasteiger partial charge in [-0.2, -0.15) is 5.10 Å². The maximum absolute atomic E-state index is 10.4. The number of H-pyrrole nitrogens is 2. The van der Waals surface area contributed by atoms with Crippen LogP contribution in [0.5, 0.6) is 11.5 Å². The third-order valence-electron chi connectivity index (χ3n) is 4.34. The first kappa shape index (κ1) is 16.3. The number of aromatic nitrogens is 5. The van der Waals surface area contributed by atoms with Gasteiger partial charge in [0.2, 0.25) is 0 Å². The van der Waals surface area contributed by atoms with Gasteiger partial charge < -0.3 is 15.2 Å². The van der Waals surface area contributed by atoms with Gasteiger partial charge in [0.05, 0.1) is 28.6 Å². The minimum atomic E-state index is -0.0650. The van der Waals surface area contributed by atoms with Gasteiger partial charge in [-0.15, -0.1) is 0 Å². The Kier molecular flexibility index (Phi) is 3.77. The largest absolute Gasteiger partial charge is 0.508 e. The van der Waals surface area contributed by atoms with Crippen molar-refractivity contribution in [2.24, 2.45) is 0 Å². The van der Waals surface area contributed by atoms with Crippen LogP contribution in [0.1, 0.15) is 25.3 Å². The summed E-state index contributed by atoms with van der Waals surface area (Å²) in [6.45, 7) is 3.94. The number of benzene rings is 2. The van der Waals surface area contributed by atoms with Gasteiger partial charge in [0.25, 0.3) is 0 Å². The summed E-state index contributed by atoms with van der Waals surface area (Å²) in [5.74, 6) is 0.546. The highest BCUT2D eigenvalue weighted by molar-refractivity contribution is 7.71. The van der Waals surface area contributed by atoms with Crippen LogP contribution in [0.3, 0.4) is 0 Å².